The van der Waals surface area contributed by atoms with Crippen LogP contribution in [0.3, 0.4) is 0 Å². The summed E-state index contributed by atoms with van der Waals surface area (Å²) < 4.78 is 28.0. The maximum absolute atomic E-state index is 9.54. The van der Waals surface area contributed by atoms with Gasteiger partial charge in [0.05, 0.1) is 50.8 Å². The molecule has 7 heteroatoms. The van der Waals surface area contributed by atoms with E-state index in [9.17, 15) is 5.53 Å². The molecular weight excluding hydrogens is 360 g/mol. The molecule has 0 amide bonds. The second kappa shape index (κ2) is 11.2. The molecule has 0 N–H and O–H groups in total. The highest BCUT2D eigenvalue weighted by atomic mass is 16.6. The largest absolute Gasteiger partial charge is 0.487 e. The number of fused-ring (bicyclic) bond motifs is 1. The molecule has 3 rings (SSSR count). The van der Waals surface area contributed by atoms with Crippen LogP contribution in [0.2, 0.25) is 0 Å². The predicted octanol–water partition coefficient (Wildman–Crippen LogP) is 2.57. The summed E-state index contributed by atoms with van der Waals surface area (Å²) in [5.41, 5.74) is 11.5. The zero-order valence-corrected chi connectivity index (χ0v) is 15.7. The van der Waals surface area contributed by atoms with Gasteiger partial charge >= 0.3 is 5.71 Å². The van der Waals surface area contributed by atoms with E-state index in [1.54, 1.807) is 12.1 Å². The molecular formula is C21H24N2O5. The maximum atomic E-state index is 9.54. The Hall–Kier alpha value is -2.70. The molecule has 148 valence electrons. The second-order valence-electron chi connectivity index (χ2n) is 6.01. The maximum Gasteiger partial charge on any atom is 0.329 e. The van der Waals surface area contributed by atoms with Gasteiger partial charge in [-0.05, 0) is 30.3 Å². The number of nitrogens with zero attached hydrogens (tertiary/aromatic N) is 2. The first kappa shape index (κ1) is 20.0. The second-order valence-corrected chi connectivity index (χ2v) is 6.01. The lowest BCUT2D eigenvalue weighted by molar-refractivity contribution is -0.00282. The van der Waals surface area contributed by atoms with E-state index in [1.165, 1.54) is 0 Å². The first-order valence-corrected chi connectivity index (χ1v) is 9.29. The molecule has 28 heavy (non-hydrogen) atoms. The molecule has 0 saturated heterocycles. The average molecular weight is 384 g/mol. The molecule has 0 saturated carbocycles. The highest BCUT2D eigenvalue weighted by Crippen LogP contribution is 2.29. The predicted molar refractivity (Wildman–Crippen MR) is 103 cm³/mol. The van der Waals surface area contributed by atoms with Gasteiger partial charge in [-0.25, -0.2) is 0 Å². The van der Waals surface area contributed by atoms with E-state index in [0.29, 0.717) is 70.1 Å². The molecule has 1 aliphatic rings. The lowest BCUT2D eigenvalue weighted by atomic mass is 10.0. The van der Waals surface area contributed by atoms with Crippen LogP contribution in [0.25, 0.3) is 5.53 Å². The van der Waals surface area contributed by atoms with Gasteiger partial charge in [0.15, 0.2) is 11.5 Å². The van der Waals surface area contributed by atoms with Crippen molar-refractivity contribution in [1.82, 2.24) is 0 Å². The normalized spacial score (nSPS) is 16.3. The monoisotopic (exact) mass is 384 g/mol. The van der Waals surface area contributed by atoms with Crippen molar-refractivity contribution in [3.63, 3.8) is 0 Å². The highest BCUT2D eigenvalue weighted by molar-refractivity contribution is 6.09. The van der Waals surface area contributed by atoms with Gasteiger partial charge in [0, 0.05) is 0 Å². The molecule has 2 aromatic carbocycles. The zero-order valence-electron chi connectivity index (χ0n) is 15.7. The van der Waals surface area contributed by atoms with E-state index >= 15 is 0 Å². The van der Waals surface area contributed by atoms with Gasteiger partial charge in [-0.3, -0.25) is 0 Å². The summed E-state index contributed by atoms with van der Waals surface area (Å²) in [6.45, 7) is 3.72. The Kier molecular flexibility index (Phi) is 8.03. The smallest absolute Gasteiger partial charge is 0.329 e. The minimum absolute atomic E-state index is 0.368. The van der Waals surface area contributed by atoms with Gasteiger partial charge in [0.25, 0.3) is 0 Å². The van der Waals surface area contributed by atoms with Crippen LogP contribution in [0, 0.1) is 0 Å². The molecule has 0 aromatic heterocycles. The Morgan fingerprint density at radius 3 is 1.82 bits per heavy atom. The van der Waals surface area contributed by atoms with Gasteiger partial charge in [0.1, 0.15) is 13.2 Å². The van der Waals surface area contributed by atoms with E-state index in [2.05, 4.69) is 4.79 Å². The Morgan fingerprint density at radius 2 is 1.21 bits per heavy atom. The Morgan fingerprint density at radius 1 is 0.643 bits per heavy atom. The highest BCUT2D eigenvalue weighted by Gasteiger charge is 2.18. The van der Waals surface area contributed by atoms with Crippen LogP contribution >= 0.6 is 0 Å². The van der Waals surface area contributed by atoms with Crippen LogP contribution < -0.4 is 9.47 Å². The van der Waals surface area contributed by atoms with Crippen molar-refractivity contribution in [2.24, 2.45) is 0 Å². The quantitative estimate of drug-likeness (QED) is 0.451. The van der Waals surface area contributed by atoms with E-state index in [0.717, 1.165) is 11.1 Å². The first-order valence-electron chi connectivity index (χ1n) is 9.29. The summed E-state index contributed by atoms with van der Waals surface area (Å²) in [5, 5.41) is 0. The summed E-state index contributed by atoms with van der Waals surface area (Å²) in [4.78, 5) is 3.48. The van der Waals surface area contributed by atoms with Crippen LogP contribution in [0.15, 0.2) is 48.5 Å². The molecule has 7 nitrogen and oxygen atoms in total. The first-order chi connectivity index (χ1) is 13.9. The topological polar surface area (TPSA) is 82.6 Å². The van der Waals surface area contributed by atoms with Crippen molar-refractivity contribution in [3.05, 3.63) is 65.2 Å². The molecule has 0 unspecified atom stereocenters. The number of hydrogen-bond donors (Lipinski definition) is 0. The van der Waals surface area contributed by atoms with Gasteiger partial charge in [-0.15, -0.1) is 0 Å². The van der Waals surface area contributed by atoms with Crippen molar-refractivity contribution in [3.8, 4) is 11.5 Å². The fraction of sp³-hybridized carbons (Fsp3) is 0.381. The van der Waals surface area contributed by atoms with Crippen molar-refractivity contribution in [2.45, 2.75) is 0 Å². The van der Waals surface area contributed by atoms with Crippen LogP contribution in [0.4, 0.5) is 0 Å². The minimum Gasteiger partial charge on any atom is -0.487 e. The fourth-order valence-corrected chi connectivity index (χ4v) is 2.73. The molecule has 2 aromatic rings. The summed E-state index contributed by atoms with van der Waals surface area (Å²) in [6, 6.07) is 14.9. The third-order valence-electron chi connectivity index (χ3n) is 4.08. The fourth-order valence-electron chi connectivity index (χ4n) is 2.73. The third-order valence-corrected chi connectivity index (χ3v) is 4.08. The van der Waals surface area contributed by atoms with Crippen LogP contribution in [0.1, 0.15) is 11.1 Å². The number of rotatable bonds is 2. The minimum atomic E-state index is 0.368. The molecule has 0 atom stereocenters. The summed E-state index contributed by atoms with van der Waals surface area (Å²) in [7, 11) is 0. The van der Waals surface area contributed by atoms with Gasteiger partial charge < -0.3 is 29.2 Å². The lowest BCUT2D eigenvalue weighted by Gasteiger charge is -2.13. The van der Waals surface area contributed by atoms with Crippen LogP contribution in [-0.4, -0.2) is 63.4 Å². The standard InChI is InChI=1S/C21H24N2O5/c22-23-21(17-4-2-1-3-5-17)18-6-7-19-20(16-18)28-15-13-26-11-9-24-8-10-25-12-14-27-19/h1-7,16H,8-15H2. The van der Waals surface area contributed by atoms with Crippen molar-refractivity contribution < 1.29 is 28.5 Å². The molecule has 0 spiro atoms. The van der Waals surface area contributed by atoms with E-state index < -0.39 is 0 Å². The van der Waals surface area contributed by atoms with E-state index in [4.69, 9.17) is 23.7 Å². The molecule has 0 fully saturated rings. The SMILES string of the molecule is [N-]=[N+]=C(c1ccccc1)c1ccc2c(c1)OCCOCCOCCOCCO2. The Bertz CT molecular complexity index is 791. The average Bonchev–Trinajstić information content (AvgIpc) is 2.74. The van der Waals surface area contributed by atoms with E-state index in [-0.39, 0.29) is 0 Å². The van der Waals surface area contributed by atoms with Gasteiger partial charge in [-0.2, -0.15) is 4.79 Å². The summed E-state index contributed by atoms with van der Waals surface area (Å²) >= 11 is 0. The van der Waals surface area contributed by atoms with Crippen molar-refractivity contribution >= 4 is 5.71 Å². The Labute approximate surface area is 164 Å². The lowest BCUT2D eigenvalue weighted by Crippen LogP contribution is -2.13. The van der Waals surface area contributed by atoms with Crippen LogP contribution in [-0.2, 0) is 14.2 Å². The molecule has 0 aliphatic carbocycles. The van der Waals surface area contributed by atoms with Crippen molar-refractivity contribution in [1.29, 1.82) is 0 Å². The van der Waals surface area contributed by atoms with Crippen LogP contribution in [0.5, 0.6) is 11.5 Å². The Balaban J connectivity index is 1.79. The number of benzene rings is 2. The number of hydrogen-bond acceptors (Lipinski definition) is 5. The van der Waals surface area contributed by atoms with Gasteiger partial charge in [0.2, 0.25) is 0 Å². The zero-order chi connectivity index (χ0) is 19.4. The van der Waals surface area contributed by atoms with Gasteiger partial charge in [-0.1, -0.05) is 18.2 Å². The summed E-state index contributed by atoms with van der Waals surface area (Å²) in [5.74, 6) is 1.16. The molecule has 0 bridgehead atoms. The summed E-state index contributed by atoms with van der Waals surface area (Å²) in [6.07, 6.45) is 0. The van der Waals surface area contributed by atoms with E-state index in [1.807, 2.05) is 36.4 Å². The molecule has 1 heterocycles. The third kappa shape index (κ3) is 5.90. The molecule has 1 aliphatic heterocycles. The van der Waals surface area contributed by atoms with Crippen molar-refractivity contribution in [2.75, 3.05) is 52.9 Å². The number of ether oxygens (including phenoxy) is 5. The molecule has 0 radical (unpaired) electrons.